The van der Waals surface area contributed by atoms with E-state index in [9.17, 15) is 19.8 Å². The highest BCUT2D eigenvalue weighted by Gasteiger charge is 2.39. The minimum atomic E-state index is -0.868. The van der Waals surface area contributed by atoms with Crippen LogP contribution in [0.3, 0.4) is 0 Å². The van der Waals surface area contributed by atoms with Gasteiger partial charge in [0, 0.05) is 18.7 Å². The van der Waals surface area contributed by atoms with Gasteiger partial charge < -0.3 is 20.1 Å². The molecule has 2 atom stereocenters. The molecule has 3 N–H and O–H groups in total. The zero-order chi connectivity index (χ0) is 19.7. The average molecular weight is 379 g/mol. The van der Waals surface area contributed by atoms with Gasteiger partial charge in [-0.3, -0.25) is 9.59 Å². The Balaban J connectivity index is 1.55. The largest absolute Gasteiger partial charge is 0.481 e. The van der Waals surface area contributed by atoms with E-state index in [-0.39, 0.29) is 25.0 Å². The molecule has 0 aliphatic carbocycles. The topological polar surface area (TPSA) is 107 Å². The van der Waals surface area contributed by atoms with Gasteiger partial charge >= 0.3 is 5.97 Å². The number of imidazole rings is 1. The first kappa shape index (κ1) is 18.2. The molecule has 144 valence electrons. The first-order valence-corrected chi connectivity index (χ1v) is 9.20. The number of aliphatic carboxylic acids is 1. The maximum atomic E-state index is 13.0. The number of nitrogens with zero attached hydrogens (tertiary/aromatic N) is 2. The molecule has 0 unspecified atom stereocenters. The summed E-state index contributed by atoms with van der Waals surface area (Å²) < 4.78 is 0. The van der Waals surface area contributed by atoms with Crippen molar-refractivity contribution in [3.63, 3.8) is 0 Å². The van der Waals surface area contributed by atoms with Crippen LogP contribution >= 0.6 is 0 Å². The number of fused-ring (bicyclic) bond motifs is 1. The van der Waals surface area contributed by atoms with Crippen molar-refractivity contribution < 1.29 is 19.8 Å². The summed E-state index contributed by atoms with van der Waals surface area (Å²) in [6.07, 6.45) is 0.626. The van der Waals surface area contributed by atoms with Crippen LogP contribution < -0.4 is 0 Å². The lowest BCUT2D eigenvalue weighted by atomic mass is 9.90. The van der Waals surface area contributed by atoms with Gasteiger partial charge in [0.05, 0.1) is 17.0 Å². The van der Waals surface area contributed by atoms with Crippen molar-refractivity contribution >= 4 is 22.9 Å². The lowest BCUT2D eigenvalue weighted by Gasteiger charge is -2.16. The van der Waals surface area contributed by atoms with Crippen molar-refractivity contribution in [3.05, 3.63) is 65.5 Å². The predicted molar refractivity (Wildman–Crippen MR) is 103 cm³/mol. The van der Waals surface area contributed by atoms with E-state index in [0.29, 0.717) is 35.4 Å². The Bertz CT molecular complexity index is 1010. The lowest BCUT2D eigenvalue weighted by Crippen LogP contribution is -2.29. The summed E-state index contributed by atoms with van der Waals surface area (Å²) in [6.45, 7) is 0.410. The van der Waals surface area contributed by atoms with Gasteiger partial charge in [-0.05, 0) is 36.1 Å². The molecule has 7 heteroatoms. The fraction of sp³-hybridized carbons (Fsp3) is 0.286. The number of nitrogens with one attached hydrogen (secondary N) is 1. The van der Waals surface area contributed by atoms with Crippen LogP contribution in [0.25, 0.3) is 11.0 Å². The molecule has 1 saturated heterocycles. The number of aliphatic hydroxyl groups excluding tert-OH is 1. The zero-order valence-electron chi connectivity index (χ0n) is 15.2. The fourth-order valence-electron chi connectivity index (χ4n) is 3.89. The third kappa shape index (κ3) is 3.48. The number of aromatic nitrogens is 2. The molecule has 1 aliphatic heterocycles. The molecule has 0 bridgehead atoms. The van der Waals surface area contributed by atoms with Gasteiger partial charge in [0.25, 0.3) is 5.91 Å². The smallest absolute Gasteiger partial charge is 0.308 e. The number of carbonyl (C=O) groups excluding carboxylic acids is 1. The normalized spacial score (nSPS) is 19.2. The van der Waals surface area contributed by atoms with Crippen LogP contribution in [0.2, 0.25) is 0 Å². The predicted octanol–water partition coefficient (Wildman–Crippen LogP) is 2.07. The maximum Gasteiger partial charge on any atom is 0.308 e. The second kappa shape index (κ2) is 7.44. The number of aromatic amines is 1. The van der Waals surface area contributed by atoms with Gasteiger partial charge in [-0.25, -0.2) is 4.98 Å². The summed E-state index contributed by atoms with van der Waals surface area (Å²) in [7, 11) is 0. The number of rotatable bonds is 5. The first-order chi connectivity index (χ1) is 13.5. The third-order valence-electron chi connectivity index (χ3n) is 5.31. The summed E-state index contributed by atoms with van der Waals surface area (Å²) in [5.41, 5.74) is 2.89. The van der Waals surface area contributed by atoms with E-state index in [0.717, 1.165) is 5.56 Å². The summed E-state index contributed by atoms with van der Waals surface area (Å²) >= 11 is 0. The Morgan fingerprint density at radius 3 is 2.64 bits per heavy atom. The highest BCUT2D eigenvalue weighted by molar-refractivity contribution is 5.97. The Morgan fingerprint density at radius 2 is 1.93 bits per heavy atom. The van der Waals surface area contributed by atoms with Gasteiger partial charge in [0.2, 0.25) is 0 Å². The van der Waals surface area contributed by atoms with Crippen LogP contribution in [0.1, 0.15) is 21.7 Å². The summed E-state index contributed by atoms with van der Waals surface area (Å²) in [5, 5.41) is 18.8. The number of hydrogen-bond acceptors (Lipinski definition) is 4. The highest BCUT2D eigenvalue weighted by atomic mass is 16.4. The van der Waals surface area contributed by atoms with Crippen molar-refractivity contribution in [2.75, 3.05) is 13.1 Å². The summed E-state index contributed by atoms with van der Waals surface area (Å²) in [6, 6.07) is 14.9. The van der Waals surface area contributed by atoms with E-state index in [1.807, 2.05) is 30.3 Å². The highest BCUT2D eigenvalue weighted by Crippen LogP contribution is 2.29. The van der Waals surface area contributed by atoms with Gasteiger partial charge in [0.1, 0.15) is 12.4 Å². The number of hydrogen-bond donors (Lipinski definition) is 3. The molecule has 3 aromatic rings. The van der Waals surface area contributed by atoms with Gasteiger partial charge in [-0.2, -0.15) is 0 Å². The van der Waals surface area contributed by atoms with Crippen LogP contribution in [-0.2, 0) is 17.8 Å². The number of amides is 1. The number of aliphatic hydroxyl groups is 1. The van der Waals surface area contributed by atoms with E-state index in [1.165, 1.54) is 0 Å². The van der Waals surface area contributed by atoms with Crippen LogP contribution in [0, 0.1) is 11.8 Å². The Labute approximate surface area is 161 Å². The van der Waals surface area contributed by atoms with Crippen LogP contribution in [-0.4, -0.2) is 50.0 Å². The average Bonchev–Trinajstić information content (AvgIpc) is 3.31. The van der Waals surface area contributed by atoms with Gasteiger partial charge in [-0.15, -0.1) is 0 Å². The SMILES string of the molecule is O=C(O)[C@@H]1CN(C(=O)c2ccc3nc(CO)[nH]c3c2)C[C@H]1Cc1ccccc1. The van der Waals surface area contributed by atoms with E-state index in [2.05, 4.69) is 9.97 Å². The number of carboxylic acids is 1. The van der Waals surface area contributed by atoms with E-state index in [4.69, 9.17) is 0 Å². The molecular weight excluding hydrogens is 358 g/mol. The van der Waals surface area contributed by atoms with Crippen LogP contribution in [0.15, 0.2) is 48.5 Å². The standard InChI is InChI=1S/C21H21N3O4/c25-12-19-22-17-7-6-14(9-18(17)23-19)20(26)24-10-15(16(11-24)21(27)28)8-13-4-2-1-3-5-13/h1-7,9,15-16,25H,8,10-12H2,(H,22,23)(H,27,28)/t15-,16-/m1/s1. The second-order valence-electron chi connectivity index (χ2n) is 7.18. The molecule has 1 amide bonds. The molecule has 1 fully saturated rings. The van der Waals surface area contributed by atoms with Crippen molar-refractivity contribution in [1.29, 1.82) is 0 Å². The molecule has 1 aromatic heterocycles. The molecule has 4 rings (SSSR count). The minimum absolute atomic E-state index is 0.124. The number of H-pyrrole nitrogens is 1. The molecule has 0 saturated carbocycles. The quantitative estimate of drug-likeness (QED) is 0.629. The zero-order valence-corrected chi connectivity index (χ0v) is 15.2. The second-order valence-corrected chi connectivity index (χ2v) is 7.18. The maximum absolute atomic E-state index is 13.0. The van der Waals surface area contributed by atoms with Crippen LogP contribution in [0.4, 0.5) is 0 Å². The van der Waals surface area contributed by atoms with Gasteiger partial charge in [0.15, 0.2) is 0 Å². The third-order valence-corrected chi connectivity index (χ3v) is 5.31. The molecule has 0 spiro atoms. The Morgan fingerprint density at radius 1 is 1.14 bits per heavy atom. The summed E-state index contributed by atoms with van der Waals surface area (Å²) in [4.78, 5) is 33.5. The molecule has 7 nitrogen and oxygen atoms in total. The molecule has 1 aliphatic rings. The number of likely N-dealkylation sites (tertiary alicyclic amines) is 1. The summed E-state index contributed by atoms with van der Waals surface area (Å²) in [5.74, 6) is -1.33. The van der Waals surface area contributed by atoms with E-state index in [1.54, 1.807) is 23.1 Å². The van der Waals surface area contributed by atoms with E-state index >= 15 is 0 Å². The van der Waals surface area contributed by atoms with Crippen molar-refractivity contribution in [2.45, 2.75) is 13.0 Å². The van der Waals surface area contributed by atoms with Crippen LogP contribution in [0.5, 0.6) is 0 Å². The molecule has 28 heavy (non-hydrogen) atoms. The van der Waals surface area contributed by atoms with Crippen molar-refractivity contribution in [1.82, 2.24) is 14.9 Å². The molecule has 0 radical (unpaired) electrons. The Kier molecular flexibility index (Phi) is 4.83. The van der Waals surface area contributed by atoms with Crippen molar-refractivity contribution in [2.24, 2.45) is 11.8 Å². The number of carbonyl (C=O) groups is 2. The van der Waals surface area contributed by atoms with Crippen molar-refractivity contribution in [3.8, 4) is 0 Å². The van der Waals surface area contributed by atoms with Gasteiger partial charge in [-0.1, -0.05) is 30.3 Å². The lowest BCUT2D eigenvalue weighted by molar-refractivity contribution is -0.142. The fourth-order valence-corrected chi connectivity index (χ4v) is 3.89. The monoisotopic (exact) mass is 379 g/mol. The molecule has 2 aromatic carbocycles. The number of benzene rings is 2. The molecule has 2 heterocycles. The Hall–Kier alpha value is -3.19. The first-order valence-electron chi connectivity index (χ1n) is 9.20. The van der Waals surface area contributed by atoms with E-state index < -0.39 is 11.9 Å². The minimum Gasteiger partial charge on any atom is -0.481 e. The molecular formula is C21H21N3O4. The number of carboxylic acid groups (broad SMARTS) is 1.